The van der Waals surface area contributed by atoms with Gasteiger partial charge in [0.1, 0.15) is 22.5 Å². The fourth-order valence-corrected chi connectivity index (χ4v) is 4.51. The molecule has 0 spiro atoms. The van der Waals surface area contributed by atoms with E-state index in [2.05, 4.69) is 20.3 Å². The number of anilines is 2. The van der Waals surface area contributed by atoms with Gasteiger partial charge in [0, 0.05) is 17.5 Å². The van der Waals surface area contributed by atoms with Crippen LogP contribution in [0.1, 0.15) is 22.8 Å². The number of rotatable bonds is 2. The highest BCUT2D eigenvalue weighted by molar-refractivity contribution is 7.19. The van der Waals surface area contributed by atoms with Gasteiger partial charge >= 0.3 is 0 Å². The zero-order chi connectivity index (χ0) is 15.4. The molecule has 5 nitrogen and oxygen atoms in total. The van der Waals surface area contributed by atoms with Crippen LogP contribution in [0.25, 0.3) is 21.3 Å². The van der Waals surface area contributed by atoms with Crippen LogP contribution >= 0.6 is 11.3 Å². The third-order valence-corrected chi connectivity index (χ3v) is 5.46. The Balaban J connectivity index is 1.62. The van der Waals surface area contributed by atoms with Gasteiger partial charge in [-0.2, -0.15) is 0 Å². The lowest BCUT2D eigenvalue weighted by atomic mass is 10.2. The van der Waals surface area contributed by atoms with Gasteiger partial charge in [0.2, 0.25) is 0 Å². The Kier molecular flexibility index (Phi) is 2.69. The van der Waals surface area contributed by atoms with Crippen molar-refractivity contribution in [1.29, 1.82) is 0 Å². The minimum absolute atomic E-state index is 0.678. The minimum Gasteiger partial charge on any atom is -0.441 e. The first-order chi connectivity index (χ1) is 11.3. The van der Waals surface area contributed by atoms with Gasteiger partial charge in [-0.15, -0.1) is 11.3 Å². The van der Waals surface area contributed by atoms with Crippen LogP contribution in [0.15, 0.2) is 28.9 Å². The van der Waals surface area contributed by atoms with E-state index in [9.17, 15) is 0 Å². The van der Waals surface area contributed by atoms with E-state index in [0.29, 0.717) is 5.89 Å². The summed E-state index contributed by atoms with van der Waals surface area (Å²) in [5.41, 5.74) is 4.04. The number of fused-ring (bicyclic) bond motifs is 4. The van der Waals surface area contributed by atoms with Crippen LogP contribution in [-0.4, -0.2) is 15.0 Å². The summed E-state index contributed by atoms with van der Waals surface area (Å²) in [5, 5.41) is 4.62. The van der Waals surface area contributed by atoms with Gasteiger partial charge in [-0.05, 0) is 43.0 Å². The van der Waals surface area contributed by atoms with Crippen LogP contribution in [0.3, 0.4) is 0 Å². The monoisotopic (exact) mass is 322 g/mol. The van der Waals surface area contributed by atoms with E-state index in [0.717, 1.165) is 33.9 Å². The molecule has 23 heavy (non-hydrogen) atoms. The Morgan fingerprint density at radius 1 is 1.22 bits per heavy atom. The van der Waals surface area contributed by atoms with Crippen molar-refractivity contribution in [2.24, 2.45) is 0 Å². The molecule has 5 rings (SSSR count). The fourth-order valence-electron chi connectivity index (χ4n) is 3.28. The van der Waals surface area contributed by atoms with Gasteiger partial charge in [-0.25, -0.2) is 15.0 Å². The first-order valence-corrected chi connectivity index (χ1v) is 8.49. The summed E-state index contributed by atoms with van der Waals surface area (Å²) in [6, 6.07) is 5.92. The molecule has 0 aliphatic heterocycles. The molecule has 1 N–H and O–H groups in total. The van der Waals surface area contributed by atoms with E-state index in [-0.39, 0.29) is 0 Å². The SMILES string of the molecule is Cc1nc2cc(Nc3ncnc4sc5c(c34)CCC5)ccc2o1. The molecule has 0 amide bonds. The largest absolute Gasteiger partial charge is 0.441 e. The highest BCUT2D eigenvalue weighted by Gasteiger charge is 2.21. The van der Waals surface area contributed by atoms with Crippen molar-refractivity contribution in [2.75, 3.05) is 5.32 Å². The molecule has 4 aromatic rings. The molecule has 1 aliphatic carbocycles. The zero-order valence-electron chi connectivity index (χ0n) is 12.6. The first kappa shape index (κ1) is 13.0. The maximum atomic E-state index is 5.53. The predicted octanol–water partition coefficient (Wildman–Crippen LogP) is 4.37. The number of oxazole rings is 1. The predicted molar refractivity (Wildman–Crippen MR) is 91.5 cm³/mol. The molecule has 0 unspecified atom stereocenters. The summed E-state index contributed by atoms with van der Waals surface area (Å²) >= 11 is 1.80. The maximum absolute atomic E-state index is 5.53. The third-order valence-electron chi connectivity index (χ3n) is 4.26. The average Bonchev–Trinajstić information content (AvgIpc) is 3.19. The number of thiophene rings is 1. The van der Waals surface area contributed by atoms with Crippen molar-refractivity contribution in [3.05, 3.63) is 40.9 Å². The van der Waals surface area contributed by atoms with Crippen LogP contribution in [0.4, 0.5) is 11.5 Å². The highest BCUT2D eigenvalue weighted by Crippen LogP contribution is 2.39. The van der Waals surface area contributed by atoms with Crippen molar-refractivity contribution >= 4 is 44.2 Å². The fraction of sp³-hybridized carbons (Fsp3) is 0.235. The quantitative estimate of drug-likeness (QED) is 0.593. The Bertz CT molecular complexity index is 1050. The summed E-state index contributed by atoms with van der Waals surface area (Å²) in [7, 11) is 0. The van der Waals surface area contributed by atoms with E-state index < -0.39 is 0 Å². The van der Waals surface area contributed by atoms with Crippen LogP contribution in [-0.2, 0) is 12.8 Å². The molecule has 0 saturated carbocycles. The number of hydrogen-bond acceptors (Lipinski definition) is 6. The van der Waals surface area contributed by atoms with Crippen LogP contribution in [0, 0.1) is 6.92 Å². The van der Waals surface area contributed by atoms with Gasteiger partial charge in [-0.1, -0.05) is 0 Å². The van der Waals surface area contributed by atoms with Gasteiger partial charge < -0.3 is 9.73 Å². The molecule has 6 heteroatoms. The van der Waals surface area contributed by atoms with Crippen LogP contribution < -0.4 is 5.32 Å². The second kappa shape index (κ2) is 4.76. The van der Waals surface area contributed by atoms with Crippen molar-refractivity contribution in [3.63, 3.8) is 0 Å². The zero-order valence-corrected chi connectivity index (χ0v) is 13.4. The van der Waals surface area contributed by atoms with E-state index >= 15 is 0 Å². The second-order valence-electron chi connectivity index (χ2n) is 5.80. The lowest BCUT2D eigenvalue weighted by Crippen LogP contribution is -1.96. The summed E-state index contributed by atoms with van der Waals surface area (Å²) in [5.74, 6) is 1.56. The number of hydrogen-bond donors (Lipinski definition) is 1. The number of benzene rings is 1. The average molecular weight is 322 g/mol. The molecule has 0 saturated heterocycles. The van der Waals surface area contributed by atoms with Gasteiger partial charge in [-0.3, -0.25) is 0 Å². The van der Waals surface area contributed by atoms with Crippen LogP contribution in [0.2, 0.25) is 0 Å². The Hall–Kier alpha value is -2.47. The van der Waals surface area contributed by atoms with Crippen molar-refractivity contribution in [2.45, 2.75) is 26.2 Å². The number of nitrogens with one attached hydrogen (secondary N) is 1. The summed E-state index contributed by atoms with van der Waals surface area (Å²) < 4.78 is 5.53. The van der Waals surface area contributed by atoms with Crippen molar-refractivity contribution in [3.8, 4) is 0 Å². The molecule has 0 fully saturated rings. The number of aromatic nitrogens is 3. The molecular weight excluding hydrogens is 308 g/mol. The number of aryl methyl sites for hydroxylation is 3. The smallest absolute Gasteiger partial charge is 0.192 e. The summed E-state index contributed by atoms with van der Waals surface area (Å²) in [6.45, 7) is 1.86. The van der Waals surface area contributed by atoms with E-state index in [1.54, 1.807) is 17.7 Å². The molecule has 3 heterocycles. The van der Waals surface area contributed by atoms with Gasteiger partial charge in [0.05, 0.1) is 5.39 Å². The molecule has 114 valence electrons. The maximum Gasteiger partial charge on any atom is 0.192 e. The van der Waals surface area contributed by atoms with Crippen molar-refractivity contribution in [1.82, 2.24) is 15.0 Å². The minimum atomic E-state index is 0.678. The van der Waals surface area contributed by atoms with Crippen LogP contribution in [0.5, 0.6) is 0 Å². The third kappa shape index (κ3) is 2.02. The standard InChI is InChI=1S/C17H14N4OS/c1-9-20-12-7-10(5-6-13(12)22-9)21-16-15-11-3-2-4-14(11)23-17(15)19-8-18-16/h5-8H,2-4H2,1H3,(H,18,19,21). The lowest BCUT2D eigenvalue weighted by Gasteiger charge is -2.07. The van der Waals surface area contributed by atoms with Gasteiger partial charge in [0.25, 0.3) is 0 Å². The highest BCUT2D eigenvalue weighted by atomic mass is 32.1. The first-order valence-electron chi connectivity index (χ1n) is 7.67. The summed E-state index contributed by atoms with van der Waals surface area (Å²) in [4.78, 5) is 15.8. The molecule has 3 aromatic heterocycles. The lowest BCUT2D eigenvalue weighted by molar-refractivity contribution is 0.561. The van der Waals surface area contributed by atoms with E-state index in [1.807, 2.05) is 25.1 Å². The molecule has 0 atom stereocenters. The number of nitrogens with zero attached hydrogens (tertiary/aromatic N) is 3. The normalized spacial score (nSPS) is 13.8. The van der Waals surface area contributed by atoms with Gasteiger partial charge in [0.15, 0.2) is 11.5 Å². The second-order valence-corrected chi connectivity index (χ2v) is 6.88. The molecule has 0 radical (unpaired) electrons. The molecule has 1 aliphatic rings. The Morgan fingerprint density at radius 3 is 3.13 bits per heavy atom. The van der Waals surface area contributed by atoms with Crippen molar-refractivity contribution < 1.29 is 4.42 Å². The Morgan fingerprint density at radius 2 is 2.17 bits per heavy atom. The Labute approximate surface area is 136 Å². The van der Waals surface area contributed by atoms with E-state index in [4.69, 9.17) is 4.42 Å². The molecular formula is C17H14N4OS. The molecule has 1 aromatic carbocycles. The topological polar surface area (TPSA) is 63.8 Å². The van der Waals surface area contributed by atoms with E-state index in [1.165, 1.54) is 28.7 Å². The molecule has 0 bridgehead atoms. The summed E-state index contributed by atoms with van der Waals surface area (Å²) in [6.07, 6.45) is 5.16.